The van der Waals surface area contributed by atoms with Gasteiger partial charge < -0.3 is 14.6 Å². The van der Waals surface area contributed by atoms with Gasteiger partial charge in [0.05, 0.1) is 24.6 Å². The van der Waals surface area contributed by atoms with Crippen LogP contribution < -0.4 is 9.47 Å². The number of rotatable bonds is 11. The molecule has 2 fully saturated rings. The van der Waals surface area contributed by atoms with Gasteiger partial charge in [-0.25, -0.2) is 4.39 Å². The fourth-order valence-electron chi connectivity index (χ4n) is 4.56. The molecule has 36 heavy (non-hydrogen) atoms. The fourth-order valence-corrected chi connectivity index (χ4v) is 4.67. The van der Waals surface area contributed by atoms with E-state index in [0.717, 1.165) is 11.1 Å². The fraction of sp³-hybridized carbons (Fsp3) is 0.423. The normalized spacial score (nSPS) is 19.5. The number of halogens is 2. The van der Waals surface area contributed by atoms with Crippen LogP contribution in [-0.2, 0) is 27.5 Å². The summed E-state index contributed by atoms with van der Waals surface area (Å²) in [5, 5.41) is 9.35. The molecule has 4 rings (SSSR count). The Hall–Kier alpha value is -3.17. The highest BCUT2D eigenvalue weighted by Crippen LogP contribution is 2.35. The summed E-state index contributed by atoms with van der Waals surface area (Å²) in [6.07, 6.45) is 1.53. The topological polar surface area (TPSA) is 96.4 Å². The highest BCUT2D eigenvalue weighted by Gasteiger charge is 2.38. The number of carbonyl (C=O) groups excluding carboxylic acids is 2. The molecule has 1 saturated carbocycles. The van der Waals surface area contributed by atoms with E-state index >= 15 is 0 Å². The second kappa shape index (κ2) is 11.3. The Bertz CT molecular complexity index is 1140. The predicted octanol–water partition coefficient (Wildman–Crippen LogP) is 3.88. The third-order valence-electron chi connectivity index (χ3n) is 6.69. The lowest BCUT2D eigenvalue weighted by Crippen LogP contribution is -2.46. The van der Waals surface area contributed by atoms with Crippen molar-refractivity contribution in [3.63, 3.8) is 0 Å². The monoisotopic (exact) mass is 518 g/mol. The van der Waals surface area contributed by atoms with Gasteiger partial charge in [0, 0.05) is 32.0 Å². The SMILES string of the molecule is COc1cc(CN(Cc2ccc(Cl)c(F)c2)[C@H]2C[C@@H](C(=O)O)C2)ccc1OCCN1C(=O)CCC1=O. The number of methoxy groups -OCH3 is 1. The van der Waals surface area contributed by atoms with Gasteiger partial charge in [-0.1, -0.05) is 23.7 Å². The maximum Gasteiger partial charge on any atom is 0.306 e. The van der Waals surface area contributed by atoms with Gasteiger partial charge in [0.2, 0.25) is 11.8 Å². The lowest BCUT2D eigenvalue weighted by molar-refractivity contribution is -0.147. The van der Waals surface area contributed by atoms with Crippen LogP contribution in [0.25, 0.3) is 0 Å². The Morgan fingerprint density at radius 2 is 1.72 bits per heavy atom. The number of likely N-dealkylation sites (tertiary alicyclic amines) is 1. The summed E-state index contributed by atoms with van der Waals surface area (Å²) in [6.45, 7) is 1.26. The minimum absolute atomic E-state index is 0.0438. The lowest BCUT2D eigenvalue weighted by atomic mass is 9.79. The van der Waals surface area contributed by atoms with E-state index in [-0.39, 0.29) is 54.8 Å². The smallest absolute Gasteiger partial charge is 0.306 e. The molecule has 0 atom stereocenters. The van der Waals surface area contributed by atoms with Crippen LogP contribution in [-0.4, -0.2) is 59.0 Å². The van der Waals surface area contributed by atoms with Gasteiger partial charge in [0.1, 0.15) is 12.4 Å². The molecule has 0 aromatic heterocycles. The standard InChI is InChI=1S/C26H28ClFN2O6/c1-35-23-11-17(3-5-22(23)36-9-8-30-24(31)6-7-25(30)32)15-29(19-12-18(13-19)26(33)34)14-16-2-4-20(27)21(28)10-16/h2-5,10-11,18-19H,6-9,12-15H2,1H3,(H,33,34)/t18-,19+. The third kappa shape index (κ3) is 5.96. The maximum atomic E-state index is 14.0. The number of aliphatic carboxylic acids is 1. The molecule has 0 unspecified atom stereocenters. The van der Waals surface area contributed by atoms with E-state index in [1.807, 2.05) is 12.1 Å². The molecule has 0 radical (unpaired) electrons. The molecular formula is C26H28ClFN2O6. The van der Waals surface area contributed by atoms with Crippen molar-refractivity contribution >= 4 is 29.4 Å². The molecule has 2 aliphatic rings. The summed E-state index contributed by atoms with van der Waals surface area (Å²) in [7, 11) is 1.52. The second-order valence-electron chi connectivity index (χ2n) is 9.09. The highest BCUT2D eigenvalue weighted by atomic mass is 35.5. The van der Waals surface area contributed by atoms with E-state index in [9.17, 15) is 23.9 Å². The van der Waals surface area contributed by atoms with E-state index in [4.69, 9.17) is 21.1 Å². The van der Waals surface area contributed by atoms with Crippen molar-refractivity contribution in [3.05, 3.63) is 58.4 Å². The van der Waals surface area contributed by atoms with Crippen LogP contribution in [0.2, 0.25) is 5.02 Å². The first-order chi connectivity index (χ1) is 17.2. The molecule has 192 valence electrons. The number of nitrogens with zero attached hydrogens (tertiary/aromatic N) is 2. The largest absolute Gasteiger partial charge is 0.493 e. The molecule has 1 aliphatic heterocycles. The van der Waals surface area contributed by atoms with E-state index in [1.165, 1.54) is 24.1 Å². The summed E-state index contributed by atoms with van der Waals surface area (Å²) in [6, 6.07) is 10.2. The number of carbonyl (C=O) groups is 3. The van der Waals surface area contributed by atoms with Crippen LogP contribution in [0.3, 0.4) is 0 Å². The Kier molecular flexibility index (Phi) is 8.11. The first kappa shape index (κ1) is 25.9. The average molecular weight is 519 g/mol. The van der Waals surface area contributed by atoms with Crippen LogP contribution in [0, 0.1) is 11.7 Å². The summed E-state index contributed by atoms with van der Waals surface area (Å²) in [5.41, 5.74) is 1.66. The number of ether oxygens (including phenoxy) is 2. The first-order valence-corrected chi connectivity index (χ1v) is 12.2. The van der Waals surface area contributed by atoms with E-state index in [0.29, 0.717) is 37.4 Å². The zero-order valence-electron chi connectivity index (χ0n) is 19.9. The van der Waals surface area contributed by atoms with Crippen molar-refractivity contribution in [1.29, 1.82) is 0 Å². The number of hydrogen-bond acceptors (Lipinski definition) is 6. The third-order valence-corrected chi connectivity index (χ3v) is 7.00. The number of hydrogen-bond donors (Lipinski definition) is 1. The molecule has 2 amide bonds. The van der Waals surface area contributed by atoms with Crippen molar-refractivity contribution in [3.8, 4) is 11.5 Å². The molecule has 1 aliphatic carbocycles. The molecule has 2 aromatic rings. The quantitative estimate of drug-likeness (QED) is 0.451. The van der Waals surface area contributed by atoms with Gasteiger partial charge in [-0.15, -0.1) is 0 Å². The highest BCUT2D eigenvalue weighted by molar-refractivity contribution is 6.30. The zero-order valence-corrected chi connectivity index (χ0v) is 20.7. The number of imide groups is 1. The molecule has 1 saturated heterocycles. The molecule has 1 N–H and O–H groups in total. The first-order valence-electron chi connectivity index (χ1n) is 11.8. The molecule has 0 bridgehead atoms. The van der Waals surface area contributed by atoms with Crippen LogP contribution in [0.1, 0.15) is 36.8 Å². The van der Waals surface area contributed by atoms with Gasteiger partial charge in [-0.3, -0.25) is 24.2 Å². The van der Waals surface area contributed by atoms with Gasteiger partial charge in [0.25, 0.3) is 0 Å². The van der Waals surface area contributed by atoms with E-state index in [1.54, 1.807) is 12.1 Å². The van der Waals surface area contributed by atoms with Crippen LogP contribution in [0.5, 0.6) is 11.5 Å². The van der Waals surface area contributed by atoms with Gasteiger partial charge >= 0.3 is 5.97 Å². The van der Waals surface area contributed by atoms with Gasteiger partial charge in [0.15, 0.2) is 11.5 Å². The molecule has 10 heteroatoms. The van der Waals surface area contributed by atoms with Crippen molar-refractivity contribution in [1.82, 2.24) is 9.80 Å². The van der Waals surface area contributed by atoms with Gasteiger partial charge in [-0.05, 0) is 48.2 Å². The number of amides is 2. The minimum Gasteiger partial charge on any atom is -0.493 e. The van der Waals surface area contributed by atoms with Crippen molar-refractivity contribution < 1.29 is 33.4 Å². The molecule has 2 aromatic carbocycles. The molecule has 8 nitrogen and oxygen atoms in total. The van der Waals surface area contributed by atoms with Crippen molar-refractivity contribution in [2.45, 2.75) is 44.8 Å². The summed E-state index contributed by atoms with van der Waals surface area (Å²) >= 11 is 5.82. The predicted molar refractivity (Wildman–Crippen MR) is 129 cm³/mol. The number of benzene rings is 2. The van der Waals surface area contributed by atoms with Crippen LogP contribution >= 0.6 is 11.6 Å². The average Bonchev–Trinajstić information content (AvgIpc) is 3.13. The van der Waals surface area contributed by atoms with Crippen molar-refractivity contribution in [2.24, 2.45) is 5.92 Å². The van der Waals surface area contributed by atoms with Crippen LogP contribution in [0.4, 0.5) is 4.39 Å². The minimum atomic E-state index is -0.802. The Labute approximate surface area is 213 Å². The van der Waals surface area contributed by atoms with E-state index < -0.39 is 11.8 Å². The molecular weight excluding hydrogens is 491 g/mol. The Morgan fingerprint density at radius 3 is 2.33 bits per heavy atom. The zero-order chi connectivity index (χ0) is 25.8. The molecule has 0 spiro atoms. The molecule has 1 heterocycles. The number of carboxylic acid groups (broad SMARTS) is 1. The summed E-state index contributed by atoms with van der Waals surface area (Å²) in [4.78, 5) is 38.2. The Balaban J connectivity index is 1.44. The number of carboxylic acids is 1. The summed E-state index contributed by atoms with van der Waals surface area (Å²) in [5.74, 6) is -1.06. The second-order valence-corrected chi connectivity index (χ2v) is 9.49. The van der Waals surface area contributed by atoms with E-state index in [2.05, 4.69) is 4.90 Å². The van der Waals surface area contributed by atoms with Gasteiger partial charge in [-0.2, -0.15) is 0 Å². The van der Waals surface area contributed by atoms with Crippen LogP contribution in [0.15, 0.2) is 36.4 Å². The Morgan fingerprint density at radius 1 is 1.08 bits per heavy atom. The van der Waals surface area contributed by atoms with Crippen molar-refractivity contribution in [2.75, 3.05) is 20.3 Å². The maximum absolute atomic E-state index is 14.0. The lowest BCUT2D eigenvalue weighted by Gasteiger charge is -2.41. The summed E-state index contributed by atoms with van der Waals surface area (Å²) < 4.78 is 25.3.